The highest BCUT2D eigenvalue weighted by Crippen LogP contribution is 2.27. The Bertz CT molecular complexity index is 1170. The first-order valence-electron chi connectivity index (χ1n) is 8.78. The van der Waals surface area contributed by atoms with E-state index in [1.165, 1.54) is 12.1 Å². The van der Waals surface area contributed by atoms with Crippen molar-refractivity contribution < 1.29 is 17.6 Å². The summed E-state index contributed by atoms with van der Waals surface area (Å²) in [6, 6.07) is 13.3. The van der Waals surface area contributed by atoms with E-state index < -0.39 is 21.6 Å². The maximum Gasteiger partial charge on any atom is 0.276 e. The number of halogens is 1. The van der Waals surface area contributed by atoms with Crippen LogP contribution in [0.2, 0.25) is 0 Å². The lowest BCUT2D eigenvalue weighted by Crippen LogP contribution is -2.22. The van der Waals surface area contributed by atoms with Gasteiger partial charge in [0, 0.05) is 17.7 Å². The smallest absolute Gasteiger partial charge is 0.276 e. The number of carbonyl (C=O) groups excluding carboxylic acids is 1. The molecule has 0 atom stereocenters. The van der Waals surface area contributed by atoms with E-state index in [0.29, 0.717) is 22.5 Å². The van der Waals surface area contributed by atoms with E-state index in [0.717, 1.165) is 5.69 Å². The third-order valence-electron chi connectivity index (χ3n) is 4.77. The van der Waals surface area contributed by atoms with Crippen molar-refractivity contribution in [3.05, 3.63) is 76.9 Å². The Kier molecular flexibility index (Phi) is 4.50. The molecule has 28 heavy (non-hydrogen) atoms. The van der Waals surface area contributed by atoms with Crippen molar-refractivity contribution in [3.63, 3.8) is 0 Å². The van der Waals surface area contributed by atoms with Crippen LogP contribution in [0, 0.1) is 12.7 Å². The number of hydrogen-bond acceptors (Lipinski definition) is 4. The third kappa shape index (κ3) is 3.43. The zero-order valence-electron chi connectivity index (χ0n) is 15.1. The number of nitrogens with zero attached hydrogens (tertiary/aromatic N) is 2. The van der Waals surface area contributed by atoms with E-state index in [4.69, 9.17) is 0 Å². The number of aryl methyl sites for hydroxylation is 1. The lowest BCUT2D eigenvalue weighted by molar-refractivity contribution is 0.102. The molecule has 2 aromatic carbocycles. The molecule has 1 aromatic heterocycles. The highest BCUT2D eigenvalue weighted by atomic mass is 32.2. The minimum absolute atomic E-state index is 0.0165. The number of rotatable bonds is 3. The summed E-state index contributed by atoms with van der Waals surface area (Å²) in [5, 5.41) is 7.08. The monoisotopic (exact) mass is 399 g/mol. The van der Waals surface area contributed by atoms with Gasteiger partial charge in [0.25, 0.3) is 5.91 Å². The summed E-state index contributed by atoms with van der Waals surface area (Å²) in [6.07, 6.45) is 0.284. The zero-order valence-corrected chi connectivity index (χ0v) is 16.0. The van der Waals surface area contributed by atoms with Gasteiger partial charge in [-0.1, -0.05) is 24.3 Å². The van der Waals surface area contributed by atoms with Crippen molar-refractivity contribution in [3.8, 4) is 5.69 Å². The van der Waals surface area contributed by atoms with Crippen LogP contribution >= 0.6 is 0 Å². The quantitative estimate of drug-likeness (QED) is 0.734. The van der Waals surface area contributed by atoms with Crippen molar-refractivity contribution in [2.45, 2.75) is 19.1 Å². The molecule has 3 aromatic rings. The van der Waals surface area contributed by atoms with Crippen LogP contribution in [0.3, 0.4) is 0 Å². The fraction of sp³-hybridized carbons (Fsp3) is 0.200. The molecule has 144 valence electrons. The Labute approximate surface area is 161 Å². The molecule has 6 nitrogen and oxygen atoms in total. The summed E-state index contributed by atoms with van der Waals surface area (Å²) in [6.45, 7) is 1.75. The van der Waals surface area contributed by atoms with Gasteiger partial charge < -0.3 is 5.32 Å². The van der Waals surface area contributed by atoms with Gasteiger partial charge in [0.1, 0.15) is 5.82 Å². The number of aromatic nitrogens is 2. The van der Waals surface area contributed by atoms with Gasteiger partial charge in [0.2, 0.25) is 0 Å². The Hall–Kier alpha value is -3.00. The number of anilines is 1. The van der Waals surface area contributed by atoms with Crippen LogP contribution < -0.4 is 5.32 Å². The lowest BCUT2D eigenvalue weighted by Gasteiger charge is -2.15. The Morgan fingerprint density at radius 2 is 1.93 bits per heavy atom. The third-order valence-corrected chi connectivity index (χ3v) is 6.32. The number of para-hydroxylation sites is 1. The first kappa shape index (κ1) is 18.4. The SMILES string of the molecule is Cc1ccc(F)cc1NC(=O)c1nn(-c2ccccc2)c2c1CS(=O)(=O)CC2. The van der Waals surface area contributed by atoms with E-state index in [1.54, 1.807) is 17.7 Å². The second-order valence-corrected chi connectivity index (χ2v) is 8.96. The van der Waals surface area contributed by atoms with Crippen LogP contribution in [0.1, 0.15) is 27.3 Å². The molecule has 1 N–H and O–H groups in total. The summed E-state index contributed by atoms with van der Waals surface area (Å²) in [7, 11) is -3.30. The predicted octanol–water partition coefficient (Wildman–Crippen LogP) is 3.04. The molecule has 8 heteroatoms. The molecule has 0 radical (unpaired) electrons. The summed E-state index contributed by atoms with van der Waals surface area (Å²) < 4.78 is 39.5. The molecule has 0 unspecified atom stereocenters. The summed E-state index contributed by atoms with van der Waals surface area (Å²) in [5.41, 5.74) is 2.93. The van der Waals surface area contributed by atoms with Gasteiger partial charge in [-0.05, 0) is 36.8 Å². The fourth-order valence-electron chi connectivity index (χ4n) is 3.31. The van der Waals surface area contributed by atoms with Crippen LogP contribution in [0.4, 0.5) is 10.1 Å². The number of amides is 1. The first-order valence-corrected chi connectivity index (χ1v) is 10.6. The van der Waals surface area contributed by atoms with Gasteiger partial charge in [0.05, 0.1) is 22.9 Å². The highest BCUT2D eigenvalue weighted by molar-refractivity contribution is 7.90. The maximum atomic E-state index is 13.6. The topological polar surface area (TPSA) is 81.1 Å². The van der Waals surface area contributed by atoms with Crippen LogP contribution in [-0.4, -0.2) is 29.9 Å². The highest BCUT2D eigenvalue weighted by Gasteiger charge is 2.31. The molecule has 0 aliphatic carbocycles. The standard InChI is InChI=1S/C20H18FN3O3S/c1-13-7-8-14(21)11-17(13)22-20(25)19-16-12-28(26,27)10-9-18(16)24(23-19)15-5-3-2-4-6-15/h2-8,11H,9-10,12H2,1H3,(H,22,25). The Morgan fingerprint density at radius 3 is 2.68 bits per heavy atom. The molecule has 0 saturated heterocycles. The number of hydrogen-bond donors (Lipinski definition) is 1. The van der Waals surface area contributed by atoms with Gasteiger partial charge in [-0.2, -0.15) is 5.10 Å². The molecule has 1 aliphatic rings. The number of nitrogens with one attached hydrogen (secondary N) is 1. The van der Waals surface area contributed by atoms with E-state index in [-0.39, 0.29) is 23.6 Å². The van der Waals surface area contributed by atoms with Crippen LogP contribution in [0.25, 0.3) is 5.69 Å². The molecule has 2 heterocycles. The van der Waals surface area contributed by atoms with Gasteiger partial charge in [-0.3, -0.25) is 4.79 Å². The first-order chi connectivity index (χ1) is 13.3. The lowest BCUT2D eigenvalue weighted by atomic mass is 10.1. The summed E-state index contributed by atoms with van der Waals surface area (Å²) in [4.78, 5) is 12.9. The molecule has 0 fully saturated rings. The Morgan fingerprint density at radius 1 is 1.18 bits per heavy atom. The largest absolute Gasteiger partial charge is 0.320 e. The van der Waals surface area contributed by atoms with Crippen molar-refractivity contribution >= 4 is 21.4 Å². The van der Waals surface area contributed by atoms with Gasteiger partial charge in [-0.15, -0.1) is 0 Å². The van der Waals surface area contributed by atoms with E-state index in [2.05, 4.69) is 10.4 Å². The molecule has 1 aliphatic heterocycles. The average Bonchev–Trinajstić information content (AvgIpc) is 3.03. The molecular weight excluding hydrogens is 381 g/mol. The average molecular weight is 399 g/mol. The summed E-state index contributed by atoms with van der Waals surface area (Å²) in [5.74, 6) is -1.25. The number of carbonyl (C=O) groups is 1. The van der Waals surface area contributed by atoms with Crippen LogP contribution in [0.15, 0.2) is 48.5 Å². The van der Waals surface area contributed by atoms with E-state index in [1.807, 2.05) is 30.3 Å². The summed E-state index contributed by atoms with van der Waals surface area (Å²) >= 11 is 0. The molecular formula is C20H18FN3O3S. The van der Waals surface area contributed by atoms with Gasteiger partial charge in [0.15, 0.2) is 15.5 Å². The minimum Gasteiger partial charge on any atom is -0.320 e. The van der Waals surface area contributed by atoms with Crippen molar-refractivity contribution in [1.29, 1.82) is 0 Å². The van der Waals surface area contributed by atoms with Crippen molar-refractivity contribution in [2.75, 3.05) is 11.1 Å². The molecule has 0 bridgehead atoms. The van der Waals surface area contributed by atoms with Crippen molar-refractivity contribution in [2.24, 2.45) is 0 Å². The molecule has 1 amide bonds. The maximum absolute atomic E-state index is 13.6. The number of benzene rings is 2. The van der Waals surface area contributed by atoms with E-state index in [9.17, 15) is 17.6 Å². The zero-order chi connectivity index (χ0) is 19.9. The molecule has 0 spiro atoms. The second kappa shape index (κ2) is 6.87. The predicted molar refractivity (Wildman–Crippen MR) is 104 cm³/mol. The number of fused-ring (bicyclic) bond motifs is 1. The molecule has 4 rings (SSSR count). The fourth-order valence-corrected chi connectivity index (χ4v) is 4.71. The van der Waals surface area contributed by atoms with Gasteiger partial charge in [-0.25, -0.2) is 17.5 Å². The van der Waals surface area contributed by atoms with E-state index >= 15 is 0 Å². The molecule has 0 saturated carbocycles. The normalized spacial score (nSPS) is 15.1. The van der Waals surface area contributed by atoms with Gasteiger partial charge >= 0.3 is 0 Å². The van der Waals surface area contributed by atoms with Crippen LogP contribution in [0.5, 0.6) is 0 Å². The van der Waals surface area contributed by atoms with Crippen molar-refractivity contribution in [1.82, 2.24) is 9.78 Å². The second-order valence-electron chi connectivity index (χ2n) is 6.78. The Balaban J connectivity index is 1.79. The minimum atomic E-state index is -3.30. The number of sulfone groups is 1. The van der Waals surface area contributed by atoms with Crippen LogP contribution in [-0.2, 0) is 22.0 Å².